The van der Waals surface area contributed by atoms with Crippen molar-refractivity contribution < 1.29 is 40.0 Å². The predicted molar refractivity (Wildman–Crippen MR) is 139 cm³/mol. The molecule has 0 saturated heterocycles. The van der Waals surface area contributed by atoms with Gasteiger partial charge in [0.2, 0.25) is 5.91 Å². The molecule has 1 amide bonds. The number of rotatable bonds is 8. The maximum Gasteiger partial charge on any atom is 0.416 e. The van der Waals surface area contributed by atoms with E-state index in [-0.39, 0.29) is 45.4 Å². The zero-order valence-electron chi connectivity index (χ0n) is 21.4. The topological polar surface area (TPSA) is 102 Å². The number of hydrogen-bond acceptors (Lipinski definition) is 6. The highest BCUT2D eigenvalue weighted by molar-refractivity contribution is 7.92. The lowest BCUT2D eigenvalue weighted by Crippen LogP contribution is -2.26. The van der Waals surface area contributed by atoms with Crippen LogP contribution in [0.4, 0.5) is 34.8 Å². The molecule has 0 saturated carbocycles. The molecule has 0 spiro atoms. The van der Waals surface area contributed by atoms with E-state index in [9.17, 15) is 26.4 Å². The van der Waals surface area contributed by atoms with Crippen LogP contribution in [0.15, 0.2) is 76.3 Å². The van der Waals surface area contributed by atoms with Crippen LogP contribution in [-0.4, -0.2) is 26.6 Å². The third-order valence-electron chi connectivity index (χ3n) is 5.98. The molecule has 0 unspecified atom stereocenters. The van der Waals surface area contributed by atoms with Gasteiger partial charge in [-0.15, -0.1) is 0 Å². The number of aryl methyl sites for hydroxylation is 1. The summed E-state index contributed by atoms with van der Waals surface area (Å²) in [6.07, 6.45) is -3.33. The molecule has 13 heteroatoms. The maximum atomic E-state index is 15.4. The number of anilines is 3. The van der Waals surface area contributed by atoms with Crippen LogP contribution in [0.5, 0.6) is 5.75 Å². The number of aromatic nitrogens is 1. The molecule has 1 heterocycles. The fourth-order valence-corrected chi connectivity index (χ4v) is 5.08. The lowest BCUT2D eigenvalue weighted by molar-refractivity contribution is -0.137. The number of hydrogen-bond donors (Lipinski definition) is 1. The zero-order chi connectivity index (χ0) is 29.2. The summed E-state index contributed by atoms with van der Waals surface area (Å²) in [7, 11) is -2.73. The first-order chi connectivity index (χ1) is 18.9. The monoisotopic (exact) mass is 577 g/mol. The number of nitrogens with one attached hydrogen (secondary N) is 1. The van der Waals surface area contributed by atoms with Crippen LogP contribution in [-0.2, 0) is 21.0 Å². The Morgan fingerprint density at radius 1 is 1.05 bits per heavy atom. The highest BCUT2D eigenvalue weighted by Gasteiger charge is 2.30. The number of amides is 1. The largest absolute Gasteiger partial charge is 0.495 e. The smallest absolute Gasteiger partial charge is 0.416 e. The SMILES string of the molecule is CCC(=O)N(c1ccc(S(=O)(=O)Nc2ccon2)cc1C)c1cc(F)c(-c2ccc(C(F)(F)F)cc2)cc1OC. The summed E-state index contributed by atoms with van der Waals surface area (Å²) in [6.45, 7) is 3.19. The van der Waals surface area contributed by atoms with Gasteiger partial charge < -0.3 is 9.26 Å². The standard InChI is InChI=1S/C27H23F4N3O5S/c1-4-26(35)34(22-10-9-19(13-16(22)2)40(36,37)33-25-11-12-39-32-25)23-15-21(28)20(14-24(23)38-3)17-5-7-18(8-6-17)27(29,30)31/h5-15H,4H2,1-3H3,(H,32,33). The summed E-state index contributed by atoms with van der Waals surface area (Å²) >= 11 is 0. The van der Waals surface area contributed by atoms with Crippen LogP contribution < -0.4 is 14.4 Å². The van der Waals surface area contributed by atoms with Gasteiger partial charge in [0.25, 0.3) is 10.0 Å². The quantitative estimate of drug-likeness (QED) is 0.234. The highest BCUT2D eigenvalue weighted by atomic mass is 32.2. The van der Waals surface area contributed by atoms with Crippen LogP contribution in [0.2, 0.25) is 0 Å². The van der Waals surface area contributed by atoms with Gasteiger partial charge in [0.05, 0.1) is 28.9 Å². The van der Waals surface area contributed by atoms with E-state index in [2.05, 4.69) is 14.4 Å². The van der Waals surface area contributed by atoms with E-state index in [1.54, 1.807) is 13.8 Å². The number of carbonyl (C=O) groups excluding carboxylic acids is 1. The summed E-state index contributed by atoms with van der Waals surface area (Å²) in [6, 6.07) is 11.7. The summed E-state index contributed by atoms with van der Waals surface area (Å²) in [5.74, 6) is -1.20. The van der Waals surface area contributed by atoms with E-state index < -0.39 is 33.5 Å². The summed E-state index contributed by atoms with van der Waals surface area (Å²) in [5.41, 5.74) is -0.0604. The van der Waals surface area contributed by atoms with E-state index in [4.69, 9.17) is 4.74 Å². The average Bonchev–Trinajstić information content (AvgIpc) is 3.41. The Morgan fingerprint density at radius 3 is 2.30 bits per heavy atom. The van der Waals surface area contributed by atoms with Gasteiger partial charge in [-0.2, -0.15) is 13.2 Å². The Balaban J connectivity index is 1.76. The second-order valence-corrected chi connectivity index (χ2v) is 10.3. The zero-order valence-corrected chi connectivity index (χ0v) is 22.2. The van der Waals surface area contributed by atoms with Crippen molar-refractivity contribution in [1.82, 2.24) is 5.16 Å². The Bertz CT molecular complexity index is 1640. The van der Waals surface area contributed by atoms with Crippen LogP contribution in [0.25, 0.3) is 11.1 Å². The average molecular weight is 578 g/mol. The van der Waals surface area contributed by atoms with Gasteiger partial charge in [-0.25, -0.2) is 12.8 Å². The molecule has 0 radical (unpaired) electrons. The highest BCUT2D eigenvalue weighted by Crippen LogP contribution is 2.41. The normalized spacial score (nSPS) is 11.8. The van der Waals surface area contributed by atoms with Crippen LogP contribution in [0.1, 0.15) is 24.5 Å². The number of sulfonamides is 1. The van der Waals surface area contributed by atoms with E-state index in [0.717, 1.165) is 30.3 Å². The van der Waals surface area contributed by atoms with E-state index in [1.807, 2.05) is 0 Å². The number of benzene rings is 3. The molecule has 0 aliphatic rings. The van der Waals surface area contributed by atoms with Gasteiger partial charge in [-0.05, 0) is 54.4 Å². The molecule has 8 nitrogen and oxygen atoms in total. The van der Waals surface area contributed by atoms with E-state index in [0.29, 0.717) is 5.56 Å². The van der Waals surface area contributed by atoms with Crippen molar-refractivity contribution in [1.29, 1.82) is 0 Å². The van der Waals surface area contributed by atoms with Gasteiger partial charge in [0, 0.05) is 24.1 Å². The molecule has 4 rings (SSSR count). The molecule has 3 aromatic carbocycles. The molecule has 0 aliphatic heterocycles. The molecule has 40 heavy (non-hydrogen) atoms. The Morgan fingerprint density at radius 2 is 1.75 bits per heavy atom. The molecule has 0 fully saturated rings. The number of nitrogens with zero attached hydrogens (tertiary/aromatic N) is 2. The van der Waals surface area contributed by atoms with Gasteiger partial charge in [0.1, 0.15) is 17.8 Å². The summed E-state index contributed by atoms with van der Waals surface area (Å²) in [4.78, 5) is 14.2. The predicted octanol–water partition coefficient (Wildman–Crippen LogP) is 6.69. The van der Waals surface area contributed by atoms with Gasteiger partial charge in [-0.3, -0.25) is 14.4 Å². The van der Waals surface area contributed by atoms with Crippen molar-refractivity contribution in [3.05, 3.63) is 83.9 Å². The van der Waals surface area contributed by atoms with Crippen molar-refractivity contribution in [2.75, 3.05) is 16.7 Å². The van der Waals surface area contributed by atoms with Crippen molar-refractivity contribution >= 4 is 33.1 Å². The fraction of sp³-hybridized carbons (Fsp3) is 0.185. The minimum absolute atomic E-state index is 0.0125. The molecular weight excluding hydrogens is 554 g/mol. The van der Waals surface area contributed by atoms with Gasteiger partial charge in [0.15, 0.2) is 5.82 Å². The summed E-state index contributed by atoms with van der Waals surface area (Å²) in [5, 5.41) is 3.52. The number of alkyl halides is 3. The third-order valence-corrected chi connectivity index (χ3v) is 7.33. The Hall–Kier alpha value is -4.39. The van der Waals surface area contributed by atoms with Crippen molar-refractivity contribution in [3.8, 4) is 16.9 Å². The Kier molecular flexibility index (Phi) is 7.87. The third kappa shape index (κ3) is 5.78. The lowest BCUT2D eigenvalue weighted by atomic mass is 10.0. The molecule has 0 atom stereocenters. The number of ether oxygens (including phenoxy) is 1. The van der Waals surface area contributed by atoms with Crippen LogP contribution in [0.3, 0.4) is 0 Å². The van der Waals surface area contributed by atoms with Crippen LogP contribution >= 0.6 is 0 Å². The van der Waals surface area contributed by atoms with Crippen molar-refractivity contribution in [2.24, 2.45) is 0 Å². The molecule has 1 aromatic heterocycles. The van der Waals surface area contributed by atoms with E-state index >= 15 is 4.39 Å². The number of methoxy groups -OCH3 is 1. The van der Waals surface area contributed by atoms with Gasteiger partial charge in [-0.1, -0.05) is 24.2 Å². The van der Waals surface area contributed by atoms with Crippen molar-refractivity contribution in [2.45, 2.75) is 31.3 Å². The second-order valence-electron chi connectivity index (χ2n) is 8.60. The molecule has 0 bridgehead atoms. The number of halogens is 4. The molecule has 4 aromatic rings. The van der Waals surface area contributed by atoms with Crippen LogP contribution in [0, 0.1) is 12.7 Å². The molecular formula is C27H23F4N3O5S. The van der Waals surface area contributed by atoms with Gasteiger partial charge >= 0.3 is 6.18 Å². The minimum Gasteiger partial charge on any atom is -0.495 e. The second kappa shape index (κ2) is 11.0. The van der Waals surface area contributed by atoms with E-state index in [1.165, 1.54) is 48.6 Å². The first kappa shape index (κ1) is 28.6. The molecule has 1 N–H and O–H groups in total. The fourth-order valence-electron chi connectivity index (χ4n) is 4.01. The first-order valence-electron chi connectivity index (χ1n) is 11.8. The Labute approximate surface area is 227 Å². The lowest BCUT2D eigenvalue weighted by Gasteiger charge is -2.27. The molecule has 210 valence electrons. The van der Waals surface area contributed by atoms with Crippen molar-refractivity contribution in [3.63, 3.8) is 0 Å². The minimum atomic E-state index is -4.54. The first-order valence-corrected chi connectivity index (χ1v) is 13.3. The molecule has 0 aliphatic carbocycles. The number of carbonyl (C=O) groups is 1. The maximum absolute atomic E-state index is 15.4. The summed E-state index contributed by atoms with van der Waals surface area (Å²) < 4.78 is 92.2.